The minimum Gasteiger partial charge on any atom is -0.467 e. The van der Waals surface area contributed by atoms with Gasteiger partial charge in [0.15, 0.2) is 0 Å². The Labute approximate surface area is 194 Å². The molecule has 10 nitrogen and oxygen atoms in total. The molecule has 0 N–H and O–H groups in total. The van der Waals surface area contributed by atoms with E-state index in [-0.39, 0.29) is 46.2 Å². The quantitative estimate of drug-likeness (QED) is 0.450. The first kappa shape index (κ1) is 25.1. The summed E-state index contributed by atoms with van der Waals surface area (Å²) in [5, 5.41) is -0.323. The van der Waals surface area contributed by atoms with E-state index in [1.807, 2.05) is 27.7 Å². The summed E-state index contributed by atoms with van der Waals surface area (Å²) in [6, 6.07) is 0.117. The Hall–Kier alpha value is -3.56. The van der Waals surface area contributed by atoms with E-state index in [9.17, 15) is 28.8 Å². The highest BCUT2D eigenvalue weighted by molar-refractivity contribution is 5.98. The molecule has 0 aliphatic rings. The fourth-order valence-corrected chi connectivity index (χ4v) is 4.36. The van der Waals surface area contributed by atoms with Crippen molar-refractivity contribution in [2.24, 2.45) is 11.8 Å². The van der Waals surface area contributed by atoms with Crippen molar-refractivity contribution >= 4 is 33.5 Å². The number of carbonyl (C=O) groups is 2. The number of nitrogens with zero attached hydrogens (tertiary/aromatic N) is 2. The van der Waals surface area contributed by atoms with Crippen molar-refractivity contribution in [3.63, 3.8) is 0 Å². The summed E-state index contributed by atoms with van der Waals surface area (Å²) < 4.78 is 11.2. The highest BCUT2D eigenvalue weighted by Gasteiger charge is 2.31. The van der Waals surface area contributed by atoms with Crippen LogP contribution in [0.1, 0.15) is 52.6 Å². The second-order valence-corrected chi connectivity index (χ2v) is 9.24. The lowest BCUT2D eigenvalue weighted by molar-refractivity contribution is -0.146. The third-order valence-electron chi connectivity index (χ3n) is 5.91. The van der Waals surface area contributed by atoms with Crippen LogP contribution in [0.4, 0.5) is 0 Å². The third kappa shape index (κ3) is 4.08. The van der Waals surface area contributed by atoms with E-state index >= 15 is 0 Å². The van der Waals surface area contributed by atoms with Crippen LogP contribution < -0.4 is 22.2 Å². The van der Waals surface area contributed by atoms with Gasteiger partial charge in [0.05, 0.1) is 35.8 Å². The first-order chi connectivity index (χ1) is 15.9. The zero-order chi connectivity index (χ0) is 25.5. The number of hydrogen-bond acceptors (Lipinski definition) is 8. The Morgan fingerprint density at radius 3 is 1.12 bits per heavy atom. The molecule has 2 heterocycles. The molecule has 0 aliphatic carbocycles. The number of methoxy groups -OCH3 is 2. The number of aromatic nitrogens is 2. The number of fused-ring (bicyclic) bond motifs is 2. The lowest BCUT2D eigenvalue weighted by atomic mass is 10.0. The average molecular weight is 472 g/mol. The molecule has 0 unspecified atom stereocenters. The maximum Gasteiger partial charge on any atom is 0.329 e. The molecule has 0 fully saturated rings. The van der Waals surface area contributed by atoms with Crippen LogP contribution >= 0.6 is 0 Å². The van der Waals surface area contributed by atoms with E-state index in [2.05, 4.69) is 0 Å². The second-order valence-electron chi connectivity index (χ2n) is 9.24. The Morgan fingerprint density at radius 1 is 0.647 bits per heavy atom. The Bertz CT molecular complexity index is 1280. The first-order valence-corrected chi connectivity index (χ1v) is 11.0. The van der Waals surface area contributed by atoms with E-state index in [0.29, 0.717) is 0 Å². The summed E-state index contributed by atoms with van der Waals surface area (Å²) >= 11 is 0. The SMILES string of the molecule is COC(=O)[C@H](CC(C)C)n1c(=O)c2cc3c(=O)n([C@@H](CC(C)C)C(=O)OC)c(=O)c3cc2c1=O. The van der Waals surface area contributed by atoms with Crippen molar-refractivity contribution < 1.29 is 19.1 Å². The number of ether oxygens (including phenoxy) is 2. The van der Waals surface area contributed by atoms with Gasteiger partial charge in [-0.2, -0.15) is 0 Å². The molecule has 0 radical (unpaired) electrons. The van der Waals surface area contributed by atoms with Crippen molar-refractivity contribution in [1.29, 1.82) is 0 Å². The molecular formula is C24H28N2O8. The predicted octanol–water partition coefficient (Wildman–Crippen LogP) is 1.43. The lowest BCUT2D eigenvalue weighted by Crippen LogP contribution is -2.36. The second kappa shape index (κ2) is 9.36. The minimum atomic E-state index is -1.13. The molecule has 3 aromatic rings. The van der Waals surface area contributed by atoms with Gasteiger partial charge in [0.2, 0.25) is 0 Å². The Morgan fingerprint density at radius 2 is 0.912 bits per heavy atom. The van der Waals surface area contributed by atoms with Gasteiger partial charge in [-0.25, -0.2) is 9.59 Å². The summed E-state index contributed by atoms with van der Waals surface area (Å²) in [4.78, 5) is 77.4. The molecular weight excluding hydrogens is 444 g/mol. The summed E-state index contributed by atoms with van der Waals surface area (Å²) in [6.07, 6.45) is 0.388. The smallest absolute Gasteiger partial charge is 0.329 e. The number of benzene rings is 1. The van der Waals surface area contributed by atoms with Crippen LogP contribution in [0.5, 0.6) is 0 Å². The standard InChI is InChI=1S/C24H28N2O8/c1-11(2)7-17(23(31)33-5)25-19(27)13-9-15-16(10-14(13)20(25)28)22(30)26(21(15)29)18(8-12(3)4)24(32)34-6/h9-12,17-18H,7-8H2,1-6H3/t17-,18-/m0/s1. The lowest BCUT2D eigenvalue weighted by Gasteiger charge is -2.16. The van der Waals surface area contributed by atoms with Crippen LogP contribution in [0.2, 0.25) is 0 Å². The van der Waals surface area contributed by atoms with Crippen LogP contribution in [-0.4, -0.2) is 35.3 Å². The molecule has 0 spiro atoms. The van der Waals surface area contributed by atoms with E-state index in [1.165, 1.54) is 26.4 Å². The van der Waals surface area contributed by atoms with Crippen LogP contribution in [0.3, 0.4) is 0 Å². The number of hydrogen-bond donors (Lipinski definition) is 0. The maximum absolute atomic E-state index is 13.2. The van der Waals surface area contributed by atoms with Gasteiger partial charge in [-0.1, -0.05) is 27.7 Å². The average Bonchev–Trinajstić information content (AvgIpc) is 3.17. The van der Waals surface area contributed by atoms with Crippen LogP contribution in [-0.2, 0) is 19.1 Å². The molecule has 34 heavy (non-hydrogen) atoms. The molecule has 0 bridgehead atoms. The van der Waals surface area contributed by atoms with Gasteiger partial charge in [0.25, 0.3) is 22.2 Å². The van der Waals surface area contributed by atoms with Crippen molar-refractivity contribution in [2.45, 2.75) is 52.6 Å². The van der Waals surface area contributed by atoms with E-state index in [4.69, 9.17) is 9.47 Å². The maximum atomic E-state index is 13.2. The van der Waals surface area contributed by atoms with Crippen molar-refractivity contribution in [3.8, 4) is 0 Å². The van der Waals surface area contributed by atoms with Crippen LogP contribution in [0.25, 0.3) is 21.5 Å². The van der Waals surface area contributed by atoms with E-state index in [0.717, 1.165) is 9.13 Å². The number of carbonyl (C=O) groups excluding carboxylic acids is 2. The summed E-state index contributed by atoms with van der Waals surface area (Å²) in [7, 11) is 2.34. The van der Waals surface area contributed by atoms with Crippen LogP contribution in [0, 0.1) is 11.8 Å². The normalized spacial score (nSPS) is 13.6. The van der Waals surface area contributed by atoms with Gasteiger partial charge in [-0.05, 0) is 36.8 Å². The molecule has 3 rings (SSSR count). The molecule has 2 atom stereocenters. The zero-order valence-corrected chi connectivity index (χ0v) is 20.0. The van der Waals surface area contributed by atoms with Gasteiger partial charge in [0, 0.05) is 0 Å². The monoisotopic (exact) mass is 472 g/mol. The molecule has 2 aromatic heterocycles. The Balaban J connectivity index is 2.33. The molecule has 0 aliphatic heterocycles. The minimum absolute atomic E-state index is 0.0219. The van der Waals surface area contributed by atoms with Gasteiger partial charge in [-0.3, -0.25) is 28.3 Å². The molecule has 0 amide bonds. The highest BCUT2D eigenvalue weighted by Crippen LogP contribution is 2.22. The highest BCUT2D eigenvalue weighted by atomic mass is 16.5. The number of esters is 2. The van der Waals surface area contributed by atoms with Gasteiger partial charge >= 0.3 is 11.9 Å². The summed E-state index contributed by atoms with van der Waals surface area (Å²) in [5.74, 6) is -1.51. The van der Waals surface area contributed by atoms with Crippen molar-refractivity contribution in [1.82, 2.24) is 9.13 Å². The molecule has 0 saturated carbocycles. The molecule has 0 saturated heterocycles. The van der Waals surface area contributed by atoms with Crippen molar-refractivity contribution in [3.05, 3.63) is 53.5 Å². The zero-order valence-electron chi connectivity index (χ0n) is 20.0. The summed E-state index contributed by atoms with van der Waals surface area (Å²) in [5.41, 5.74) is -2.98. The molecule has 182 valence electrons. The Kier molecular flexibility index (Phi) is 6.90. The fraction of sp³-hybridized carbons (Fsp3) is 0.500. The largest absolute Gasteiger partial charge is 0.467 e. The predicted molar refractivity (Wildman–Crippen MR) is 126 cm³/mol. The van der Waals surface area contributed by atoms with Gasteiger partial charge in [0.1, 0.15) is 12.1 Å². The van der Waals surface area contributed by atoms with Gasteiger partial charge in [-0.15, -0.1) is 0 Å². The van der Waals surface area contributed by atoms with E-state index in [1.54, 1.807) is 0 Å². The van der Waals surface area contributed by atoms with E-state index < -0.39 is 46.3 Å². The number of rotatable bonds is 8. The van der Waals surface area contributed by atoms with Crippen molar-refractivity contribution in [2.75, 3.05) is 14.2 Å². The van der Waals surface area contributed by atoms with Gasteiger partial charge < -0.3 is 9.47 Å². The summed E-state index contributed by atoms with van der Waals surface area (Å²) in [6.45, 7) is 7.35. The topological polar surface area (TPSA) is 131 Å². The van der Waals surface area contributed by atoms with Crippen LogP contribution in [0.15, 0.2) is 31.3 Å². The first-order valence-electron chi connectivity index (χ1n) is 11.0. The third-order valence-corrected chi connectivity index (χ3v) is 5.91. The molecule has 10 heteroatoms. The molecule has 1 aromatic carbocycles. The fourth-order valence-electron chi connectivity index (χ4n) is 4.36.